The average Bonchev–Trinajstić information content (AvgIpc) is 3.35. The van der Waals surface area contributed by atoms with E-state index in [9.17, 15) is 4.79 Å². The van der Waals surface area contributed by atoms with Crippen LogP contribution in [0.4, 0.5) is 5.82 Å². The molecule has 7 nitrogen and oxygen atoms in total. The molecule has 8 heteroatoms. The molecule has 3 aromatic heterocycles. The molecule has 4 rings (SSSR count). The van der Waals surface area contributed by atoms with Gasteiger partial charge in [0.1, 0.15) is 4.60 Å². The van der Waals surface area contributed by atoms with Crippen molar-refractivity contribution in [2.45, 2.75) is 38.6 Å². The molecule has 0 bridgehead atoms. The van der Waals surface area contributed by atoms with E-state index < -0.39 is 0 Å². The summed E-state index contributed by atoms with van der Waals surface area (Å²) in [5, 5.41) is 7.97. The first-order valence-corrected chi connectivity index (χ1v) is 8.99. The number of carbonyl (C=O) groups excluding carboxylic acids is 1. The lowest BCUT2D eigenvalue weighted by molar-refractivity contribution is 0.102. The molecule has 0 aliphatic heterocycles. The SMILES string of the molecule is CC(C)n1ncc2c(C(=O)Nc3cnc(Br)cn3)cc(C3CC3)nc21. The van der Waals surface area contributed by atoms with Crippen LogP contribution in [0.15, 0.2) is 29.3 Å². The fourth-order valence-electron chi connectivity index (χ4n) is 2.75. The molecule has 1 N–H and O–H groups in total. The molecule has 1 fully saturated rings. The number of anilines is 1. The Kier molecular flexibility index (Phi) is 3.99. The van der Waals surface area contributed by atoms with Crippen molar-refractivity contribution < 1.29 is 4.79 Å². The molecule has 3 aromatic rings. The van der Waals surface area contributed by atoms with Gasteiger partial charge in [0.25, 0.3) is 5.91 Å². The number of amides is 1. The van der Waals surface area contributed by atoms with E-state index >= 15 is 0 Å². The standard InChI is InChI=1S/C17H17BrN6O/c1-9(2)24-16-12(6-21-24)11(5-13(22-16)10-3-4-10)17(25)23-15-8-19-14(18)7-20-15/h5-10H,3-4H2,1-2H3,(H,20,23,25). The smallest absolute Gasteiger partial charge is 0.257 e. The number of pyridine rings is 1. The van der Waals surface area contributed by atoms with E-state index in [1.54, 1.807) is 12.4 Å². The van der Waals surface area contributed by atoms with Gasteiger partial charge in [-0.25, -0.2) is 19.6 Å². The van der Waals surface area contributed by atoms with Crippen molar-refractivity contribution in [1.29, 1.82) is 0 Å². The minimum atomic E-state index is -0.228. The zero-order valence-electron chi connectivity index (χ0n) is 13.9. The van der Waals surface area contributed by atoms with Crippen LogP contribution in [0, 0.1) is 0 Å². The number of nitrogens with zero attached hydrogens (tertiary/aromatic N) is 5. The molecule has 1 amide bonds. The second-order valence-electron chi connectivity index (χ2n) is 6.47. The van der Waals surface area contributed by atoms with Crippen molar-refractivity contribution in [2.75, 3.05) is 5.32 Å². The topological polar surface area (TPSA) is 85.6 Å². The largest absolute Gasteiger partial charge is 0.305 e. The van der Waals surface area contributed by atoms with Crippen LogP contribution in [-0.4, -0.2) is 30.6 Å². The number of hydrogen-bond acceptors (Lipinski definition) is 5. The summed E-state index contributed by atoms with van der Waals surface area (Å²) < 4.78 is 2.48. The quantitative estimate of drug-likeness (QED) is 0.721. The van der Waals surface area contributed by atoms with E-state index in [0.29, 0.717) is 21.9 Å². The van der Waals surface area contributed by atoms with Gasteiger partial charge in [-0.05, 0) is 48.7 Å². The van der Waals surface area contributed by atoms with Crippen LogP contribution in [0.3, 0.4) is 0 Å². The zero-order valence-corrected chi connectivity index (χ0v) is 15.5. The fourth-order valence-corrected chi connectivity index (χ4v) is 2.96. The van der Waals surface area contributed by atoms with Crippen LogP contribution in [-0.2, 0) is 0 Å². The van der Waals surface area contributed by atoms with Gasteiger partial charge in [-0.2, -0.15) is 5.10 Å². The monoisotopic (exact) mass is 400 g/mol. The Morgan fingerprint density at radius 3 is 2.72 bits per heavy atom. The Balaban J connectivity index is 1.76. The maximum absolute atomic E-state index is 12.8. The van der Waals surface area contributed by atoms with Gasteiger partial charge in [0.05, 0.1) is 29.5 Å². The van der Waals surface area contributed by atoms with Crippen molar-refractivity contribution in [1.82, 2.24) is 24.7 Å². The fraction of sp³-hybridized carbons (Fsp3) is 0.353. The van der Waals surface area contributed by atoms with E-state index in [1.807, 2.05) is 10.7 Å². The second kappa shape index (κ2) is 6.18. The van der Waals surface area contributed by atoms with Crippen LogP contribution in [0.2, 0.25) is 0 Å². The number of nitrogens with one attached hydrogen (secondary N) is 1. The van der Waals surface area contributed by atoms with Crippen LogP contribution >= 0.6 is 15.9 Å². The van der Waals surface area contributed by atoms with Crippen LogP contribution in [0.1, 0.15) is 54.7 Å². The van der Waals surface area contributed by atoms with Gasteiger partial charge in [-0.15, -0.1) is 0 Å². The Bertz CT molecular complexity index is 946. The van der Waals surface area contributed by atoms with Gasteiger partial charge in [0.2, 0.25) is 0 Å². The predicted octanol–water partition coefficient (Wildman–Crippen LogP) is 3.69. The molecule has 0 radical (unpaired) electrons. The number of carbonyl (C=O) groups is 1. The lowest BCUT2D eigenvalue weighted by Crippen LogP contribution is -2.15. The third-order valence-electron chi connectivity index (χ3n) is 4.18. The van der Waals surface area contributed by atoms with Crippen molar-refractivity contribution in [3.63, 3.8) is 0 Å². The maximum atomic E-state index is 12.8. The van der Waals surface area contributed by atoms with Gasteiger partial charge < -0.3 is 5.32 Å². The van der Waals surface area contributed by atoms with E-state index in [-0.39, 0.29) is 11.9 Å². The second-order valence-corrected chi connectivity index (χ2v) is 7.28. The molecule has 1 saturated carbocycles. The summed E-state index contributed by atoms with van der Waals surface area (Å²) in [5.74, 6) is 0.621. The van der Waals surface area contributed by atoms with E-state index in [2.05, 4.69) is 50.2 Å². The molecule has 25 heavy (non-hydrogen) atoms. The van der Waals surface area contributed by atoms with Gasteiger partial charge in [-0.1, -0.05) is 0 Å². The lowest BCUT2D eigenvalue weighted by atomic mass is 10.1. The molecular formula is C17H17BrN6O. The van der Waals surface area contributed by atoms with Gasteiger partial charge in [-0.3, -0.25) is 4.79 Å². The summed E-state index contributed by atoms with van der Waals surface area (Å²) in [6, 6.07) is 2.06. The highest BCUT2D eigenvalue weighted by Gasteiger charge is 2.28. The third-order valence-corrected chi connectivity index (χ3v) is 4.59. The van der Waals surface area contributed by atoms with Crippen LogP contribution < -0.4 is 5.32 Å². The van der Waals surface area contributed by atoms with Crippen molar-refractivity contribution in [3.05, 3.63) is 40.5 Å². The number of rotatable bonds is 4. The number of hydrogen-bond donors (Lipinski definition) is 1. The van der Waals surface area contributed by atoms with Gasteiger partial charge in [0, 0.05) is 17.7 Å². The molecule has 1 aliphatic rings. The summed E-state index contributed by atoms with van der Waals surface area (Å²) in [7, 11) is 0. The summed E-state index contributed by atoms with van der Waals surface area (Å²) >= 11 is 3.23. The maximum Gasteiger partial charge on any atom is 0.257 e. The Morgan fingerprint density at radius 2 is 2.08 bits per heavy atom. The third kappa shape index (κ3) is 3.13. The molecular weight excluding hydrogens is 384 g/mol. The lowest BCUT2D eigenvalue weighted by Gasteiger charge is -2.10. The summed E-state index contributed by atoms with van der Waals surface area (Å²) in [5.41, 5.74) is 2.29. The molecule has 0 spiro atoms. The predicted molar refractivity (Wildman–Crippen MR) is 97.6 cm³/mol. The van der Waals surface area contributed by atoms with E-state index in [1.165, 1.54) is 6.20 Å². The Labute approximate surface area is 153 Å². The van der Waals surface area contributed by atoms with E-state index in [4.69, 9.17) is 4.98 Å². The molecule has 3 heterocycles. The minimum absolute atomic E-state index is 0.174. The summed E-state index contributed by atoms with van der Waals surface area (Å²) in [6.07, 6.45) is 7.01. The first kappa shape index (κ1) is 16.1. The number of halogens is 1. The average molecular weight is 401 g/mol. The highest BCUT2D eigenvalue weighted by molar-refractivity contribution is 9.10. The molecule has 0 unspecified atom stereocenters. The highest BCUT2D eigenvalue weighted by atomic mass is 79.9. The zero-order chi connectivity index (χ0) is 17.6. The normalized spacial score (nSPS) is 14.2. The van der Waals surface area contributed by atoms with Crippen molar-refractivity contribution in [3.8, 4) is 0 Å². The van der Waals surface area contributed by atoms with Gasteiger partial charge in [0.15, 0.2) is 11.5 Å². The number of aromatic nitrogens is 5. The summed E-state index contributed by atoms with van der Waals surface area (Å²) in [6.45, 7) is 4.10. The Hall–Kier alpha value is -2.35. The minimum Gasteiger partial charge on any atom is -0.305 e. The Morgan fingerprint density at radius 1 is 1.28 bits per heavy atom. The molecule has 0 aromatic carbocycles. The first-order chi connectivity index (χ1) is 12.0. The van der Waals surface area contributed by atoms with Crippen LogP contribution in [0.25, 0.3) is 11.0 Å². The molecule has 0 atom stereocenters. The summed E-state index contributed by atoms with van der Waals surface area (Å²) in [4.78, 5) is 25.8. The highest BCUT2D eigenvalue weighted by Crippen LogP contribution is 2.40. The van der Waals surface area contributed by atoms with Gasteiger partial charge >= 0.3 is 0 Å². The molecule has 128 valence electrons. The molecule has 1 aliphatic carbocycles. The van der Waals surface area contributed by atoms with Crippen LogP contribution in [0.5, 0.6) is 0 Å². The molecule has 0 saturated heterocycles. The first-order valence-electron chi connectivity index (χ1n) is 8.20. The van der Waals surface area contributed by atoms with E-state index in [0.717, 1.165) is 29.6 Å². The number of fused-ring (bicyclic) bond motifs is 1. The van der Waals surface area contributed by atoms with Crippen molar-refractivity contribution in [2.24, 2.45) is 0 Å². The van der Waals surface area contributed by atoms with Crippen molar-refractivity contribution >= 4 is 38.7 Å².